The minimum Gasteiger partial charge on any atom is -0.508 e. The number of nitrogens with two attached hydrogens (primary N) is 1. The van der Waals surface area contributed by atoms with Crippen molar-refractivity contribution in [2.75, 3.05) is 0 Å². The van der Waals surface area contributed by atoms with Crippen LogP contribution in [0.15, 0.2) is 30.3 Å². The van der Waals surface area contributed by atoms with Gasteiger partial charge in [-0.1, -0.05) is 6.07 Å². The van der Waals surface area contributed by atoms with Crippen LogP contribution < -0.4 is 5.73 Å². The highest BCUT2D eigenvalue weighted by Crippen LogP contribution is 2.28. The van der Waals surface area contributed by atoms with Crippen molar-refractivity contribution in [1.29, 1.82) is 0 Å². The molecule has 0 saturated carbocycles. The number of aryl methyl sites for hydroxylation is 2. The van der Waals surface area contributed by atoms with Gasteiger partial charge in [0.25, 0.3) is 0 Å². The maximum atomic E-state index is 13.0. The van der Waals surface area contributed by atoms with Crippen molar-refractivity contribution in [3.63, 3.8) is 0 Å². The number of carbonyl (C=O) groups excluding carboxylic acids is 1. The van der Waals surface area contributed by atoms with Crippen LogP contribution in [0.4, 0.5) is 0 Å². The number of hydrogen-bond donors (Lipinski definition) is 4. The third kappa shape index (κ3) is 3.80. The number of hydrogen-bond acceptors (Lipinski definition) is 5. The van der Waals surface area contributed by atoms with Crippen molar-refractivity contribution in [2.24, 2.45) is 5.73 Å². The summed E-state index contributed by atoms with van der Waals surface area (Å²) in [6, 6.07) is 6.05. The molecule has 5 N–H and O–H groups in total. The number of amides is 1. The molecular weight excluding hydrogens is 360 g/mol. The number of benzene rings is 2. The second kappa shape index (κ2) is 7.52. The van der Waals surface area contributed by atoms with Gasteiger partial charge in [-0.15, -0.1) is 0 Å². The van der Waals surface area contributed by atoms with Crippen molar-refractivity contribution >= 4 is 11.9 Å². The van der Waals surface area contributed by atoms with Crippen LogP contribution in [0.1, 0.15) is 27.8 Å². The van der Waals surface area contributed by atoms with Gasteiger partial charge in [0.2, 0.25) is 5.91 Å². The van der Waals surface area contributed by atoms with Crippen molar-refractivity contribution in [1.82, 2.24) is 4.90 Å². The molecular formula is C21H24N2O5. The summed E-state index contributed by atoms with van der Waals surface area (Å²) in [5.41, 5.74) is 10.2. The van der Waals surface area contributed by atoms with Gasteiger partial charge < -0.3 is 26.0 Å². The van der Waals surface area contributed by atoms with Crippen molar-refractivity contribution in [3.8, 4) is 11.5 Å². The molecule has 0 radical (unpaired) electrons. The molecule has 0 unspecified atom stereocenters. The minimum atomic E-state index is -1.09. The lowest BCUT2D eigenvalue weighted by molar-refractivity contribution is -0.152. The summed E-state index contributed by atoms with van der Waals surface area (Å²) in [7, 11) is 0. The Balaban J connectivity index is 1.86. The van der Waals surface area contributed by atoms with Crippen LogP contribution in [0.5, 0.6) is 11.5 Å². The molecule has 3 rings (SSSR count). The topological polar surface area (TPSA) is 124 Å². The molecule has 2 aromatic rings. The quantitative estimate of drug-likeness (QED) is 0.635. The van der Waals surface area contributed by atoms with Crippen molar-refractivity contribution in [3.05, 3.63) is 58.1 Å². The molecule has 0 spiro atoms. The molecule has 2 atom stereocenters. The molecule has 7 nitrogen and oxygen atoms in total. The summed E-state index contributed by atoms with van der Waals surface area (Å²) >= 11 is 0. The number of rotatable bonds is 4. The summed E-state index contributed by atoms with van der Waals surface area (Å²) in [6.45, 7) is 3.75. The molecule has 1 heterocycles. The first-order chi connectivity index (χ1) is 13.2. The molecule has 0 saturated heterocycles. The van der Waals surface area contributed by atoms with E-state index < -0.39 is 24.0 Å². The third-order valence-electron chi connectivity index (χ3n) is 5.31. The smallest absolute Gasteiger partial charge is 0.326 e. The highest BCUT2D eigenvalue weighted by atomic mass is 16.4. The van der Waals surface area contributed by atoms with Gasteiger partial charge in [0, 0.05) is 13.0 Å². The molecule has 0 bridgehead atoms. The SMILES string of the molecule is Cc1cc(O)cc(C)c1C[C@H](N)C(=O)N1Cc2cc(O)ccc2C[C@H]1C(=O)O. The fraction of sp³-hybridized carbons (Fsp3) is 0.333. The Morgan fingerprint density at radius 2 is 1.75 bits per heavy atom. The zero-order valence-corrected chi connectivity index (χ0v) is 15.8. The van der Waals surface area contributed by atoms with E-state index in [1.165, 1.54) is 11.0 Å². The van der Waals surface area contributed by atoms with Crippen LogP contribution in [-0.2, 0) is 29.0 Å². The molecule has 1 aliphatic rings. The Labute approximate surface area is 163 Å². The highest BCUT2D eigenvalue weighted by molar-refractivity contribution is 5.88. The second-order valence-electron chi connectivity index (χ2n) is 7.35. The van der Waals surface area contributed by atoms with Crippen LogP contribution >= 0.6 is 0 Å². The van der Waals surface area contributed by atoms with Gasteiger partial charge in [0.1, 0.15) is 17.5 Å². The number of aromatic hydroxyl groups is 2. The Hall–Kier alpha value is -3.06. The van der Waals surface area contributed by atoms with Crippen LogP contribution in [0.25, 0.3) is 0 Å². The van der Waals surface area contributed by atoms with E-state index in [0.29, 0.717) is 0 Å². The highest BCUT2D eigenvalue weighted by Gasteiger charge is 2.36. The Kier molecular flexibility index (Phi) is 5.29. The maximum absolute atomic E-state index is 13.0. The maximum Gasteiger partial charge on any atom is 0.326 e. The number of phenols is 2. The molecule has 0 fully saturated rings. The number of nitrogens with zero attached hydrogens (tertiary/aromatic N) is 1. The van der Waals surface area contributed by atoms with Gasteiger partial charge in [-0.05, 0) is 72.4 Å². The van der Waals surface area contributed by atoms with Crippen molar-refractivity contribution < 1.29 is 24.9 Å². The van der Waals surface area contributed by atoms with Gasteiger partial charge >= 0.3 is 5.97 Å². The number of phenolic OH excluding ortho intramolecular Hbond substituents is 2. The average molecular weight is 384 g/mol. The second-order valence-corrected chi connectivity index (χ2v) is 7.35. The lowest BCUT2D eigenvalue weighted by atomic mass is 9.91. The normalized spacial score (nSPS) is 17.1. The molecule has 2 aromatic carbocycles. The molecule has 1 amide bonds. The van der Waals surface area contributed by atoms with E-state index in [-0.39, 0.29) is 30.9 Å². The number of carboxylic acid groups (broad SMARTS) is 1. The van der Waals surface area contributed by atoms with Gasteiger partial charge in [-0.3, -0.25) is 4.79 Å². The zero-order chi connectivity index (χ0) is 20.6. The Bertz CT molecular complexity index is 917. The number of carbonyl (C=O) groups is 2. The average Bonchev–Trinajstić information content (AvgIpc) is 2.62. The molecule has 7 heteroatoms. The molecule has 0 aromatic heterocycles. The molecule has 28 heavy (non-hydrogen) atoms. The lowest BCUT2D eigenvalue weighted by Gasteiger charge is -2.36. The van der Waals surface area contributed by atoms with Gasteiger partial charge in [0.15, 0.2) is 0 Å². The van der Waals surface area contributed by atoms with Gasteiger partial charge in [-0.25, -0.2) is 4.79 Å². The summed E-state index contributed by atoms with van der Waals surface area (Å²) in [4.78, 5) is 26.1. The first-order valence-corrected chi connectivity index (χ1v) is 9.06. The van der Waals surface area contributed by atoms with E-state index >= 15 is 0 Å². The van der Waals surface area contributed by atoms with Crippen molar-refractivity contribution in [2.45, 2.75) is 45.3 Å². The lowest BCUT2D eigenvalue weighted by Crippen LogP contribution is -2.54. The molecule has 0 aliphatic carbocycles. The number of aliphatic carboxylic acids is 1. The Morgan fingerprint density at radius 3 is 2.36 bits per heavy atom. The van der Waals surface area contributed by atoms with E-state index in [9.17, 15) is 24.9 Å². The Morgan fingerprint density at radius 1 is 1.11 bits per heavy atom. The van der Waals surface area contributed by atoms with E-state index in [1.807, 2.05) is 13.8 Å². The number of carboxylic acids is 1. The number of fused-ring (bicyclic) bond motifs is 1. The zero-order valence-electron chi connectivity index (χ0n) is 15.8. The standard InChI is InChI=1S/C21H24N2O5/c1-11-5-16(25)6-12(2)17(11)9-18(22)20(26)23-10-14-7-15(24)4-3-13(14)8-19(23)21(27)28/h3-7,18-19,24-25H,8-10,22H2,1-2H3,(H,27,28)/t18-,19-/m0/s1. The fourth-order valence-electron chi connectivity index (χ4n) is 3.84. The summed E-state index contributed by atoms with van der Waals surface area (Å²) in [6.07, 6.45) is 0.410. The van der Waals surface area contributed by atoms with Crippen LogP contribution in [0.3, 0.4) is 0 Å². The van der Waals surface area contributed by atoms with Crippen LogP contribution in [0.2, 0.25) is 0 Å². The summed E-state index contributed by atoms with van der Waals surface area (Å²) in [5, 5.41) is 29.0. The monoisotopic (exact) mass is 384 g/mol. The van der Waals surface area contributed by atoms with E-state index in [1.54, 1.807) is 24.3 Å². The summed E-state index contributed by atoms with van der Waals surface area (Å²) < 4.78 is 0. The molecule has 148 valence electrons. The minimum absolute atomic E-state index is 0.0690. The molecule has 1 aliphatic heterocycles. The summed E-state index contributed by atoms with van der Waals surface area (Å²) in [5.74, 6) is -1.32. The van der Waals surface area contributed by atoms with Gasteiger partial charge in [0.05, 0.1) is 6.04 Å². The predicted octanol–water partition coefficient (Wildman–Crippen LogP) is 1.62. The van der Waals surface area contributed by atoms with E-state index in [2.05, 4.69) is 0 Å². The van der Waals surface area contributed by atoms with Crippen LogP contribution in [-0.4, -0.2) is 44.2 Å². The largest absolute Gasteiger partial charge is 0.508 e. The van der Waals surface area contributed by atoms with Crippen LogP contribution in [0, 0.1) is 13.8 Å². The van der Waals surface area contributed by atoms with Gasteiger partial charge in [-0.2, -0.15) is 0 Å². The first-order valence-electron chi connectivity index (χ1n) is 9.06. The predicted molar refractivity (Wildman–Crippen MR) is 103 cm³/mol. The third-order valence-corrected chi connectivity index (χ3v) is 5.31. The van der Waals surface area contributed by atoms with E-state index in [0.717, 1.165) is 27.8 Å². The first kappa shape index (κ1) is 19.7. The van der Waals surface area contributed by atoms with E-state index in [4.69, 9.17) is 5.73 Å². The fourth-order valence-corrected chi connectivity index (χ4v) is 3.84.